The molecule has 0 unspecified atom stereocenters. The third kappa shape index (κ3) is 3.23. The zero-order valence-electron chi connectivity index (χ0n) is 14.4. The van der Waals surface area contributed by atoms with Crippen molar-refractivity contribution in [1.29, 1.82) is 0 Å². The van der Waals surface area contributed by atoms with Gasteiger partial charge in [0.05, 0.1) is 13.3 Å². The molecule has 3 aromatic rings. The summed E-state index contributed by atoms with van der Waals surface area (Å²) in [7, 11) is 1.41. The molecule has 27 heavy (non-hydrogen) atoms. The number of carbonyl (C=O) groups excluding carboxylic acids is 1. The third-order valence-electron chi connectivity index (χ3n) is 4.35. The van der Waals surface area contributed by atoms with E-state index in [0.29, 0.717) is 37.1 Å². The Balaban J connectivity index is 1.63. The molecule has 0 bridgehead atoms. The predicted molar refractivity (Wildman–Crippen MR) is 90.0 cm³/mol. The minimum Gasteiger partial charge on any atom is -0.481 e. The summed E-state index contributed by atoms with van der Waals surface area (Å²) in [5, 5.41) is 8.02. The van der Waals surface area contributed by atoms with Crippen LogP contribution >= 0.6 is 0 Å². The first kappa shape index (κ1) is 17.1. The Morgan fingerprint density at radius 2 is 2.07 bits per heavy atom. The second-order valence-corrected chi connectivity index (χ2v) is 5.99. The lowest BCUT2D eigenvalue weighted by atomic mass is 10.1. The molecule has 1 aliphatic heterocycles. The van der Waals surface area contributed by atoms with Crippen molar-refractivity contribution in [1.82, 2.24) is 34.8 Å². The van der Waals surface area contributed by atoms with E-state index in [1.807, 2.05) is 0 Å². The van der Waals surface area contributed by atoms with Crippen molar-refractivity contribution in [3.63, 3.8) is 0 Å². The summed E-state index contributed by atoms with van der Waals surface area (Å²) < 4.78 is 26.4. The molecule has 0 saturated carbocycles. The van der Waals surface area contributed by atoms with Gasteiger partial charge < -0.3 is 14.4 Å². The smallest absolute Gasteiger partial charge is 0.247 e. The maximum atomic E-state index is 14.4. The van der Waals surface area contributed by atoms with Crippen molar-refractivity contribution < 1.29 is 18.7 Å². The molecule has 4 heterocycles. The first-order chi connectivity index (χ1) is 13.2. The monoisotopic (exact) mass is 373 g/mol. The van der Waals surface area contributed by atoms with E-state index in [1.165, 1.54) is 24.3 Å². The van der Waals surface area contributed by atoms with E-state index in [-0.39, 0.29) is 23.6 Å². The molecule has 11 heteroatoms. The average Bonchev–Trinajstić information content (AvgIpc) is 3.13. The number of halogens is 1. The lowest BCUT2D eigenvalue weighted by Crippen LogP contribution is -2.37. The molecule has 1 aliphatic rings. The largest absolute Gasteiger partial charge is 0.481 e. The number of fused-ring (bicyclic) bond motifs is 1. The number of hydrogen-bond acceptors (Lipinski definition) is 8. The summed E-state index contributed by atoms with van der Waals surface area (Å²) in [5.74, 6) is -0.144. The van der Waals surface area contributed by atoms with E-state index in [2.05, 4.69) is 25.3 Å². The zero-order chi connectivity index (χ0) is 18.8. The van der Waals surface area contributed by atoms with Gasteiger partial charge in [-0.3, -0.25) is 4.79 Å². The number of carbonyl (C=O) groups is 1. The van der Waals surface area contributed by atoms with E-state index in [1.54, 1.807) is 4.90 Å². The van der Waals surface area contributed by atoms with Gasteiger partial charge in [0.1, 0.15) is 18.1 Å². The number of methoxy groups -OCH3 is 1. The first-order valence-corrected chi connectivity index (χ1v) is 8.32. The zero-order valence-corrected chi connectivity index (χ0v) is 14.4. The van der Waals surface area contributed by atoms with Gasteiger partial charge in [-0.1, -0.05) is 5.21 Å². The Morgan fingerprint density at radius 1 is 1.26 bits per heavy atom. The van der Waals surface area contributed by atoms with Crippen LogP contribution in [0.1, 0.15) is 12.8 Å². The van der Waals surface area contributed by atoms with Gasteiger partial charge in [-0.05, 0) is 0 Å². The van der Waals surface area contributed by atoms with Crippen molar-refractivity contribution in [3.05, 3.63) is 24.4 Å². The fraction of sp³-hybridized carbons (Fsp3) is 0.375. The SMILES string of the molecule is COc1cc(F)c(-n2nnc3c(OC4CCN(C=O)CC4)ncnc32)cn1. The number of hydrogen-bond donors (Lipinski definition) is 0. The van der Waals surface area contributed by atoms with E-state index in [0.717, 1.165) is 12.5 Å². The van der Waals surface area contributed by atoms with Crippen LogP contribution in [0.3, 0.4) is 0 Å². The van der Waals surface area contributed by atoms with Gasteiger partial charge in [0.2, 0.25) is 18.2 Å². The Morgan fingerprint density at radius 3 is 2.78 bits per heavy atom. The van der Waals surface area contributed by atoms with E-state index in [4.69, 9.17) is 9.47 Å². The molecule has 4 rings (SSSR count). The van der Waals surface area contributed by atoms with Gasteiger partial charge >= 0.3 is 0 Å². The molecule has 0 aromatic carbocycles. The second kappa shape index (κ2) is 7.09. The molecule has 0 radical (unpaired) electrons. The van der Waals surface area contributed by atoms with Crippen molar-refractivity contribution in [2.75, 3.05) is 20.2 Å². The predicted octanol–water partition coefficient (Wildman–Crippen LogP) is 0.753. The Kier molecular flexibility index (Phi) is 4.48. The quantitative estimate of drug-likeness (QED) is 0.603. The summed E-state index contributed by atoms with van der Waals surface area (Å²) >= 11 is 0. The molecule has 1 amide bonds. The molecule has 0 spiro atoms. The molecule has 10 nitrogen and oxygen atoms in total. The van der Waals surface area contributed by atoms with Crippen molar-refractivity contribution in [2.45, 2.75) is 18.9 Å². The Labute approximate surface area is 152 Å². The number of amides is 1. The van der Waals surface area contributed by atoms with Crippen molar-refractivity contribution in [2.24, 2.45) is 0 Å². The van der Waals surface area contributed by atoms with Crippen molar-refractivity contribution in [3.8, 4) is 17.4 Å². The molecule has 1 saturated heterocycles. The number of rotatable bonds is 5. The minimum absolute atomic E-state index is 0.0854. The Bertz CT molecular complexity index is 972. The summed E-state index contributed by atoms with van der Waals surface area (Å²) in [5.41, 5.74) is 0.712. The highest BCUT2D eigenvalue weighted by atomic mass is 19.1. The molecule has 0 N–H and O–H groups in total. The standard InChI is InChI=1S/C16H16FN7O3/c1-26-13-6-11(17)12(7-18-13)24-15-14(21-22-24)16(20-8-19-15)27-10-2-4-23(9-25)5-3-10/h6-10H,2-5H2,1H3. The van der Waals surface area contributed by atoms with Crippen LogP contribution in [-0.2, 0) is 4.79 Å². The lowest BCUT2D eigenvalue weighted by Gasteiger charge is -2.29. The normalized spacial score (nSPS) is 15.1. The molecular formula is C16H16FN7O3. The van der Waals surface area contributed by atoms with Crippen molar-refractivity contribution >= 4 is 17.6 Å². The lowest BCUT2D eigenvalue weighted by molar-refractivity contribution is -0.119. The van der Waals surface area contributed by atoms with Gasteiger partial charge in [0.25, 0.3) is 0 Å². The number of ether oxygens (including phenoxy) is 2. The maximum absolute atomic E-state index is 14.4. The fourth-order valence-electron chi connectivity index (χ4n) is 2.91. The third-order valence-corrected chi connectivity index (χ3v) is 4.35. The summed E-state index contributed by atoms with van der Waals surface area (Å²) in [6.07, 6.45) is 4.73. The van der Waals surface area contributed by atoms with Gasteiger partial charge in [0, 0.05) is 32.0 Å². The topological polar surface area (TPSA) is 108 Å². The van der Waals surface area contributed by atoms with Crippen LogP contribution < -0.4 is 9.47 Å². The highest BCUT2D eigenvalue weighted by Crippen LogP contribution is 2.25. The summed E-state index contributed by atoms with van der Waals surface area (Å²) in [6, 6.07) is 1.16. The molecular weight excluding hydrogens is 357 g/mol. The van der Waals surface area contributed by atoms with Gasteiger partial charge in [-0.2, -0.15) is 9.67 Å². The summed E-state index contributed by atoms with van der Waals surface area (Å²) in [4.78, 5) is 24.8. The first-order valence-electron chi connectivity index (χ1n) is 8.32. The van der Waals surface area contributed by atoms with Gasteiger partial charge in [-0.25, -0.2) is 14.4 Å². The second-order valence-electron chi connectivity index (χ2n) is 5.99. The number of piperidine rings is 1. The highest BCUT2D eigenvalue weighted by molar-refractivity contribution is 5.76. The minimum atomic E-state index is -0.573. The van der Waals surface area contributed by atoms with Crippen LogP contribution in [0.15, 0.2) is 18.6 Å². The van der Waals surface area contributed by atoms with Crippen LogP contribution in [0, 0.1) is 5.82 Å². The van der Waals surface area contributed by atoms with E-state index >= 15 is 0 Å². The van der Waals surface area contributed by atoms with E-state index < -0.39 is 5.82 Å². The molecule has 0 atom stereocenters. The highest BCUT2D eigenvalue weighted by Gasteiger charge is 2.23. The van der Waals surface area contributed by atoms with Gasteiger partial charge in [-0.15, -0.1) is 5.10 Å². The molecule has 3 aromatic heterocycles. The number of pyridine rings is 1. The average molecular weight is 373 g/mol. The van der Waals surface area contributed by atoms with Crippen LogP contribution in [0.2, 0.25) is 0 Å². The van der Waals surface area contributed by atoms with Crippen LogP contribution in [0.5, 0.6) is 11.8 Å². The van der Waals surface area contributed by atoms with Gasteiger partial charge in [0.15, 0.2) is 17.0 Å². The molecule has 140 valence electrons. The molecule has 0 aliphatic carbocycles. The summed E-state index contributed by atoms with van der Waals surface area (Å²) in [6.45, 7) is 1.25. The molecule has 1 fully saturated rings. The maximum Gasteiger partial charge on any atom is 0.247 e. The Hall–Kier alpha value is -3.37. The van der Waals surface area contributed by atoms with E-state index in [9.17, 15) is 9.18 Å². The van der Waals surface area contributed by atoms with Crippen LogP contribution in [0.25, 0.3) is 16.9 Å². The number of aromatic nitrogens is 6. The number of nitrogens with zero attached hydrogens (tertiary/aromatic N) is 7. The fourth-order valence-corrected chi connectivity index (χ4v) is 2.91. The van der Waals surface area contributed by atoms with Crippen LogP contribution in [0.4, 0.5) is 4.39 Å². The van der Waals surface area contributed by atoms with Crippen LogP contribution in [-0.4, -0.2) is 67.6 Å². The number of likely N-dealkylation sites (tertiary alicyclic amines) is 1.